The van der Waals surface area contributed by atoms with Crippen LogP contribution in [0.3, 0.4) is 0 Å². The summed E-state index contributed by atoms with van der Waals surface area (Å²) in [7, 11) is 0. The molecule has 4 atom stereocenters. The fraction of sp³-hybridized carbons (Fsp3) is 0.733. The van der Waals surface area contributed by atoms with Gasteiger partial charge in [-0.2, -0.15) is 0 Å². The summed E-state index contributed by atoms with van der Waals surface area (Å²) >= 11 is 0. The van der Waals surface area contributed by atoms with E-state index < -0.39 is 6.04 Å². The lowest BCUT2D eigenvalue weighted by atomic mass is 10.1. The predicted molar refractivity (Wildman–Crippen MR) is 83.6 cm³/mol. The molecule has 2 aliphatic heterocycles. The van der Waals surface area contributed by atoms with Crippen LogP contribution in [-0.4, -0.2) is 76.4 Å². The number of imidazole rings is 1. The average molecular weight is 323 g/mol. The Bertz CT molecular complexity index is 509. The number of hydrogen-bond acceptors (Lipinski definition) is 6. The van der Waals surface area contributed by atoms with E-state index in [4.69, 9.17) is 15.6 Å². The number of aliphatic hydroxyl groups is 1. The number of morpholine rings is 1. The maximum atomic E-state index is 12.2. The van der Waals surface area contributed by atoms with Crippen LogP contribution in [-0.2, 0) is 16.0 Å². The normalized spacial score (nSPS) is 29.2. The Morgan fingerprint density at radius 3 is 3.22 bits per heavy atom. The number of hydrogen-bond donors (Lipinski definition) is 4. The number of aromatic nitrogens is 2. The third-order valence-electron chi connectivity index (χ3n) is 4.62. The van der Waals surface area contributed by atoms with Crippen molar-refractivity contribution in [3.05, 3.63) is 18.2 Å². The molecule has 1 amide bonds. The van der Waals surface area contributed by atoms with Crippen LogP contribution in [0.2, 0.25) is 0 Å². The number of ether oxygens (including phenoxy) is 1. The Morgan fingerprint density at radius 2 is 2.48 bits per heavy atom. The van der Waals surface area contributed by atoms with E-state index in [9.17, 15) is 4.79 Å². The highest BCUT2D eigenvalue weighted by atomic mass is 16.5. The van der Waals surface area contributed by atoms with E-state index in [1.807, 2.05) is 0 Å². The van der Waals surface area contributed by atoms with Crippen LogP contribution >= 0.6 is 0 Å². The van der Waals surface area contributed by atoms with Gasteiger partial charge in [0.2, 0.25) is 5.91 Å². The van der Waals surface area contributed by atoms with Crippen molar-refractivity contribution in [1.29, 1.82) is 0 Å². The van der Waals surface area contributed by atoms with E-state index >= 15 is 0 Å². The van der Waals surface area contributed by atoms with Gasteiger partial charge >= 0.3 is 0 Å². The molecule has 0 bridgehead atoms. The Balaban J connectivity index is 1.46. The van der Waals surface area contributed by atoms with Gasteiger partial charge in [-0.15, -0.1) is 0 Å². The molecule has 3 rings (SSSR count). The SMILES string of the molecule is N[C@@H](Cc1cnc[nH]1)C(=O)N[C@@H]1C[C@H]2CO[C@@H](CCO)CN2C1. The summed E-state index contributed by atoms with van der Waals surface area (Å²) in [6.45, 7) is 2.44. The van der Waals surface area contributed by atoms with Gasteiger partial charge in [-0.1, -0.05) is 0 Å². The Kier molecular flexibility index (Phi) is 5.27. The summed E-state index contributed by atoms with van der Waals surface area (Å²) in [6.07, 6.45) is 5.35. The van der Waals surface area contributed by atoms with E-state index in [2.05, 4.69) is 20.2 Å². The minimum atomic E-state index is -0.577. The van der Waals surface area contributed by atoms with Crippen LogP contribution in [0.5, 0.6) is 0 Å². The number of nitrogens with two attached hydrogens (primary N) is 1. The highest BCUT2D eigenvalue weighted by Crippen LogP contribution is 2.24. The first-order valence-electron chi connectivity index (χ1n) is 8.15. The molecule has 5 N–H and O–H groups in total. The average Bonchev–Trinajstić information content (AvgIpc) is 3.16. The standard InChI is InChI=1S/C15H25N5O3/c16-14(4-10-5-17-9-18-10)15(22)19-11-3-12-8-23-13(1-2-21)7-20(12)6-11/h5,9,11-14,21H,1-4,6-8,16H2,(H,17,18)(H,19,22)/t11-,12+,13+,14+/m1/s1. The molecule has 2 aliphatic rings. The molecule has 0 radical (unpaired) electrons. The molecule has 1 aromatic rings. The number of amides is 1. The largest absolute Gasteiger partial charge is 0.396 e. The molecule has 0 aliphatic carbocycles. The maximum absolute atomic E-state index is 12.2. The molecular weight excluding hydrogens is 298 g/mol. The fourth-order valence-corrected chi connectivity index (χ4v) is 3.40. The number of rotatable bonds is 6. The summed E-state index contributed by atoms with van der Waals surface area (Å²) in [5.41, 5.74) is 6.83. The molecule has 2 fully saturated rings. The lowest BCUT2D eigenvalue weighted by molar-refractivity contribution is -0.123. The summed E-state index contributed by atoms with van der Waals surface area (Å²) in [4.78, 5) is 21.5. The number of fused-ring (bicyclic) bond motifs is 1. The first-order valence-corrected chi connectivity index (χ1v) is 8.15. The van der Waals surface area contributed by atoms with Crippen molar-refractivity contribution in [3.8, 4) is 0 Å². The van der Waals surface area contributed by atoms with Gasteiger partial charge in [0.25, 0.3) is 0 Å². The lowest BCUT2D eigenvalue weighted by Crippen LogP contribution is -2.48. The van der Waals surface area contributed by atoms with Crippen LogP contribution in [0.1, 0.15) is 18.5 Å². The molecule has 2 saturated heterocycles. The molecule has 0 aromatic carbocycles. The molecule has 0 spiro atoms. The predicted octanol–water partition coefficient (Wildman–Crippen LogP) is -1.38. The zero-order chi connectivity index (χ0) is 16.2. The van der Waals surface area contributed by atoms with Crippen molar-refractivity contribution >= 4 is 5.91 Å². The van der Waals surface area contributed by atoms with Crippen molar-refractivity contribution < 1.29 is 14.6 Å². The maximum Gasteiger partial charge on any atom is 0.237 e. The molecule has 0 unspecified atom stereocenters. The number of carbonyl (C=O) groups excluding carboxylic acids is 1. The molecule has 8 heteroatoms. The van der Waals surface area contributed by atoms with Crippen molar-refractivity contribution in [2.45, 2.75) is 43.5 Å². The molecular formula is C15H25N5O3. The quantitative estimate of drug-likeness (QED) is 0.513. The van der Waals surface area contributed by atoms with Crippen LogP contribution in [0.25, 0.3) is 0 Å². The molecule has 128 valence electrons. The Morgan fingerprint density at radius 1 is 1.61 bits per heavy atom. The first-order chi connectivity index (χ1) is 11.2. The topological polar surface area (TPSA) is 116 Å². The fourth-order valence-electron chi connectivity index (χ4n) is 3.40. The second-order valence-electron chi connectivity index (χ2n) is 6.40. The minimum Gasteiger partial charge on any atom is -0.396 e. The van der Waals surface area contributed by atoms with Crippen LogP contribution in [0.4, 0.5) is 0 Å². The van der Waals surface area contributed by atoms with Crippen molar-refractivity contribution in [3.63, 3.8) is 0 Å². The van der Waals surface area contributed by atoms with E-state index in [1.54, 1.807) is 12.5 Å². The van der Waals surface area contributed by atoms with Gasteiger partial charge < -0.3 is 25.9 Å². The van der Waals surface area contributed by atoms with Gasteiger partial charge in [-0.3, -0.25) is 9.69 Å². The van der Waals surface area contributed by atoms with E-state index in [0.717, 1.165) is 25.2 Å². The van der Waals surface area contributed by atoms with Crippen molar-refractivity contribution in [2.24, 2.45) is 5.73 Å². The zero-order valence-corrected chi connectivity index (χ0v) is 13.1. The number of aliphatic hydroxyl groups excluding tert-OH is 1. The second-order valence-corrected chi connectivity index (χ2v) is 6.40. The van der Waals surface area contributed by atoms with Gasteiger partial charge in [-0.05, 0) is 12.8 Å². The summed E-state index contributed by atoms with van der Waals surface area (Å²) in [5, 5.41) is 12.1. The van der Waals surface area contributed by atoms with Gasteiger partial charge in [0.15, 0.2) is 0 Å². The summed E-state index contributed by atoms with van der Waals surface area (Å²) < 4.78 is 5.75. The van der Waals surface area contributed by atoms with E-state index in [0.29, 0.717) is 25.5 Å². The van der Waals surface area contributed by atoms with Crippen LogP contribution in [0.15, 0.2) is 12.5 Å². The van der Waals surface area contributed by atoms with Crippen molar-refractivity contribution in [1.82, 2.24) is 20.2 Å². The molecule has 23 heavy (non-hydrogen) atoms. The minimum absolute atomic E-state index is 0.0911. The summed E-state index contributed by atoms with van der Waals surface area (Å²) in [6, 6.07) is -0.123. The smallest absolute Gasteiger partial charge is 0.237 e. The molecule has 1 aromatic heterocycles. The Labute approximate surface area is 135 Å². The van der Waals surface area contributed by atoms with Gasteiger partial charge in [0.05, 0.1) is 25.1 Å². The number of nitrogens with one attached hydrogen (secondary N) is 2. The van der Waals surface area contributed by atoms with Crippen LogP contribution < -0.4 is 11.1 Å². The number of carbonyl (C=O) groups is 1. The molecule has 8 nitrogen and oxygen atoms in total. The highest BCUT2D eigenvalue weighted by Gasteiger charge is 2.38. The Hall–Kier alpha value is -1.48. The third-order valence-corrected chi connectivity index (χ3v) is 4.62. The second kappa shape index (κ2) is 7.39. The lowest BCUT2D eigenvalue weighted by Gasteiger charge is -2.34. The first kappa shape index (κ1) is 16.4. The number of H-pyrrole nitrogens is 1. The number of aromatic amines is 1. The van der Waals surface area contributed by atoms with Gasteiger partial charge in [0, 0.05) is 50.1 Å². The van der Waals surface area contributed by atoms with E-state index in [1.165, 1.54) is 0 Å². The summed E-state index contributed by atoms with van der Waals surface area (Å²) in [5.74, 6) is -0.128. The van der Waals surface area contributed by atoms with E-state index in [-0.39, 0.29) is 24.7 Å². The highest BCUT2D eigenvalue weighted by molar-refractivity contribution is 5.82. The van der Waals surface area contributed by atoms with Gasteiger partial charge in [-0.25, -0.2) is 4.98 Å². The number of nitrogens with zero attached hydrogens (tertiary/aromatic N) is 2. The van der Waals surface area contributed by atoms with Gasteiger partial charge in [0.1, 0.15) is 0 Å². The third kappa shape index (κ3) is 4.08. The monoisotopic (exact) mass is 323 g/mol. The molecule has 3 heterocycles. The molecule has 0 saturated carbocycles. The van der Waals surface area contributed by atoms with Crippen LogP contribution in [0, 0.1) is 0 Å². The van der Waals surface area contributed by atoms with Crippen molar-refractivity contribution in [2.75, 3.05) is 26.3 Å². The zero-order valence-electron chi connectivity index (χ0n) is 13.1.